The fraction of sp³-hybridized carbons (Fsp3) is 0.286. The summed E-state index contributed by atoms with van der Waals surface area (Å²) in [5.74, 6) is 0. The molecule has 0 spiro atoms. The molecular formula is C7H9BrO. The number of hydrogen-bond acceptors (Lipinski definition) is 1. The van der Waals surface area contributed by atoms with Crippen LogP contribution in [0.5, 0.6) is 0 Å². The maximum Gasteiger partial charge on any atom is 0.124 e. The van der Waals surface area contributed by atoms with Crippen LogP contribution < -0.4 is 0 Å². The molecule has 1 nitrogen and oxygen atoms in total. The average Bonchev–Trinajstić information content (AvgIpc) is 1.85. The molecule has 2 heteroatoms. The molecule has 0 aromatic rings. The van der Waals surface area contributed by atoms with Crippen LogP contribution in [0.4, 0.5) is 0 Å². The normalized spacial score (nSPS) is 12.4. The number of allylic oxidation sites excluding steroid dienone is 3. The van der Waals surface area contributed by atoms with Crippen molar-refractivity contribution < 1.29 is 4.79 Å². The second-order valence-corrected chi connectivity index (χ2v) is 2.23. The number of carbonyl (C=O) groups excluding carboxylic acids is 1. The van der Waals surface area contributed by atoms with Crippen LogP contribution in [0.3, 0.4) is 0 Å². The molecule has 0 aliphatic heterocycles. The molecule has 0 aromatic heterocycles. The highest BCUT2D eigenvalue weighted by atomic mass is 79.9. The molecule has 0 aromatic carbocycles. The van der Waals surface area contributed by atoms with E-state index in [4.69, 9.17) is 0 Å². The Bertz CT molecular complexity index is 136. The Morgan fingerprint density at radius 1 is 1.67 bits per heavy atom. The van der Waals surface area contributed by atoms with Crippen LogP contribution in [0.2, 0.25) is 0 Å². The zero-order valence-corrected chi connectivity index (χ0v) is 6.89. The van der Waals surface area contributed by atoms with Crippen LogP contribution in [0.1, 0.15) is 13.3 Å². The van der Waals surface area contributed by atoms with E-state index in [1.54, 1.807) is 4.99 Å². The van der Waals surface area contributed by atoms with Crippen molar-refractivity contribution in [1.82, 2.24) is 0 Å². The van der Waals surface area contributed by atoms with Gasteiger partial charge in [-0.25, -0.2) is 0 Å². The smallest absolute Gasteiger partial charge is 0.124 e. The highest BCUT2D eigenvalue weighted by Gasteiger charge is 1.81. The molecule has 9 heavy (non-hydrogen) atoms. The zero-order chi connectivity index (χ0) is 7.11. The van der Waals surface area contributed by atoms with Crippen molar-refractivity contribution in [2.24, 2.45) is 0 Å². The maximum absolute atomic E-state index is 9.90. The summed E-state index contributed by atoms with van der Waals surface area (Å²) < 4.78 is 0. The van der Waals surface area contributed by atoms with Gasteiger partial charge in [-0.15, -0.1) is 0 Å². The Labute approximate surface area is 63.6 Å². The van der Waals surface area contributed by atoms with Gasteiger partial charge in [-0.05, 0) is 11.9 Å². The van der Waals surface area contributed by atoms with E-state index < -0.39 is 0 Å². The first-order valence-corrected chi connectivity index (χ1v) is 3.59. The molecule has 0 saturated carbocycles. The monoisotopic (exact) mass is 188 g/mol. The molecule has 50 valence electrons. The third-order valence-corrected chi connectivity index (χ3v) is 1.16. The van der Waals surface area contributed by atoms with Crippen molar-refractivity contribution in [2.45, 2.75) is 13.3 Å². The summed E-state index contributed by atoms with van der Waals surface area (Å²) in [6.07, 6.45) is 5.16. The molecule has 0 unspecified atom stereocenters. The minimum absolute atomic E-state index is 0.525. The van der Waals surface area contributed by atoms with Crippen molar-refractivity contribution in [3.8, 4) is 0 Å². The van der Waals surface area contributed by atoms with Gasteiger partial charge in [0.25, 0.3) is 0 Å². The number of hydrogen-bond donors (Lipinski definition) is 0. The molecule has 0 amide bonds. The summed E-state index contributed by atoms with van der Waals surface area (Å²) in [5.41, 5.74) is 1.07. The number of carbonyl (C=O) groups is 1. The van der Waals surface area contributed by atoms with Crippen molar-refractivity contribution in [1.29, 1.82) is 0 Å². The van der Waals surface area contributed by atoms with Crippen molar-refractivity contribution >= 4 is 22.2 Å². The number of aldehydes is 1. The van der Waals surface area contributed by atoms with E-state index in [2.05, 4.69) is 15.9 Å². The SMILES string of the molecule is C/C(=C\C=C\Br)CC=O. The molecule has 0 atom stereocenters. The van der Waals surface area contributed by atoms with Gasteiger partial charge in [-0.1, -0.05) is 33.7 Å². The molecule has 0 rings (SSSR count). The number of halogens is 1. The average molecular weight is 189 g/mol. The fourth-order valence-corrected chi connectivity index (χ4v) is 0.553. The molecule has 0 aliphatic rings. The lowest BCUT2D eigenvalue weighted by Gasteiger charge is -1.86. The second-order valence-electron chi connectivity index (χ2n) is 1.70. The molecule has 0 aliphatic carbocycles. The lowest BCUT2D eigenvalue weighted by Crippen LogP contribution is -1.75. The van der Waals surface area contributed by atoms with E-state index in [0.29, 0.717) is 6.42 Å². The summed E-state index contributed by atoms with van der Waals surface area (Å²) in [6, 6.07) is 0. The summed E-state index contributed by atoms with van der Waals surface area (Å²) >= 11 is 3.12. The van der Waals surface area contributed by atoms with E-state index >= 15 is 0 Å². The molecule has 0 radical (unpaired) electrons. The van der Waals surface area contributed by atoms with E-state index in [1.807, 2.05) is 19.1 Å². The third-order valence-electron chi connectivity index (χ3n) is 0.859. The summed E-state index contributed by atoms with van der Waals surface area (Å²) in [6.45, 7) is 1.92. The van der Waals surface area contributed by atoms with Crippen molar-refractivity contribution in [2.75, 3.05) is 0 Å². The molecular weight excluding hydrogens is 180 g/mol. The van der Waals surface area contributed by atoms with Crippen LogP contribution in [0, 0.1) is 0 Å². The van der Waals surface area contributed by atoms with Gasteiger partial charge in [0.1, 0.15) is 6.29 Å². The van der Waals surface area contributed by atoms with Crippen LogP contribution in [0.25, 0.3) is 0 Å². The van der Waals surface area contributed by atoms with Crippen LogP contribution in [-0.4, -0.2) is 6.29 Å². The quantitative estimate of drug-likeness (QED) is 0.492. The van der Waals surface area contributed by atoms with Crippen LogP contribution >= 0.6 is 15.9 Å². The van der Waals surface area contributed by atoms with Gasteiger partial charge in [0.05, 0.1) is 0 Å². The standard InChI is InChI=1S/C7H9BrO/c1-7(4-6-9)3-2-5-8/h2-3,5-6H,4H2,1H3/b5-2+,7-3+. The predicted octanol–water partition coefficient (Wildman–Crippen LogP) is 2.43. The molecule has 0 fully saturated rings. The topological polar surface area (TPSA) is 17.1 Å². The molecule has 0 heterocycles. The van der Waals surface area contributed by atoms with E-state index in [-0.39, 0.29) is 0 Å². The fourth-order valence-electron chi connectivity index (χ4n) is 0.400. The first kappa shape index (κ1) is 8.63. The van der Waals surface area contributed by atoms with Gasteiger partial charge in [-0.2, -0.15) is 0 Å². The Kier molecular flexibility index (Phi) is 5.52. The Morgan fingerprint density at radius 3 is 2.78 bits per heavy atom. The lowest BCUT2D eigenvalue weighted by molar-refractivity contribution is -0.107. The van der Waals surface area contributed by atoms with Gasteiger partial charge in [0.2, 0.25) is 0 Å². The van der Waals surface area contributed by atoms with Gasteiger partial charge in [0.15, 0.2) is 0 Å². The van der Waals surface area contributed by atoms with E-state index in [9.17, 15) is 4.79 Å². The lowest BCUT2D eigenvalue weighted by atomic mass is 10.2. The minimum atomic E-state index is 0.525. The van der Waals surface area contributed by atoms with E-state index in [0.717, 1.165) is 11.9 Å². The Morgan fingerprint density at radius 2 is 2.33 bits per heavy atom. The highest BCUT2D eigenvalue weighted by molar-refractivity contribution is 9.11. The summed E-state index contributed by atoms with van der Waals surface area (Å²) in [7, 11) is 0. The van der Waals surface area contributed by atoms with Gasteiger partial charge in [0, 0.05) is 6.42 Å². The third kappa shape index (κ3) is 5.50. The molecule has 0 N–H and O–H groups in total. The summed E-state index contributed by atoms with van der Waals surface area (Å²) in [4.78, 5) is 11.7. The minimum Gasteiger partial charge on any atom is -0.303 e. The first-order valence-electron chi connectivity index (χ1n) is 2.67. The molecule has 0 bridgehead atoms. The molecule has 0 saturated heterocycles. The Hall–Kier alpha value is -0.370. The maximum atomic E-state index is 9.90. The van der Waals surface area contributed by atoms with Crippen molar-refractivity contribution in [3.05, 3.63) is 22.7 Å². The van der Waals surface area contributed by atoms with Crippen LogP contribution in [-0.2, 0) is 4.79 Å². The van der Waals surface area contributed by atoms with Crippen LogP contribution in [0.15, 0.2) is 22.7 Å². The highest BCUT2D eigenvalue weighted by Crippen LogP contribution is 1.97. The first-order chi connectivity index (χ1) is 4.31. The van der Waals surface area contributed by atoms with E-state index in [1.165, 1.54) is 0 Å². The number of rotatable bonds is 3. The predicted molar refractivity (Wildman–Crippen MR) is 42.5 cm³/mol. The zero-order valence-electron chi connectivity index (χ0n) is 5.30. The Balaban J connectivity index is 3.68. The van der Waals surface area contributed by atoms with Crippen molar-refractivity contribution in [3.63, 3.8) is 0 Å². The summed E-state index contributed by atoms with van der Waals surface area (Å²) in [5, 5.41) is 0. The second kappa shape index (κ2) is 5.76. The van der Waals surface area contributed by atoms with Gasteiger partial charge < -0.3 is 4.79 Å². The largest absolute Gasteiger partial charge is 0.303 e. The van der Waals surface area contributed by atoms with Gasteiger partial charge >= 0.3 is 0 Å². The van der Waals surface area contributed by atoms with Gasteiger partial charge in [-0.3, -0.25) is 0 Å².